The van der Waals surface area contributed by atoms with Gasteiger partial charge in [-0.05, 0) is 61.0 Å². The maximum atomic E-state index is 12.9. The lowest BCUT2D eigenvalue weighted by atomic mass is 10.1. The summed E-state index contributed by atoms with van der Waals surface area (Å²) in [4.78, 5) is 25.5. The first-order valence-electron chi connectivity index (χ1n) is 11.5. The molecule has 6 nitrogen and oxygen atoms in total. The number of fused-ring (bicyclic) bond motifs is 1. The van der Waals surface area contributed by atoms with Crippen LogP contribution in [0.5, 0.6) is 0 Å². The average Bonchev–Trinajstić information content (AvgIpc) is 3.14. The van der Waals surface area contributed by atoms with Crippen LogP contribution in [0.3, 0.4) is 0 Å². The van der Waals surface area contributed by atoms with Crippen LogP contribution in [0.4, 0.5) is 13.2 Å². The first-order chi connectivity index (χ1) is 17.5. The van der Waals surface area contributed by atoms with E-state index in [-0.39, 0.29) is 36.8 Å². The Morgan fingerprint density at radius 2 is 1.68 bits per heavy atom. The van der Waals surface area contributed by atoms with Crippen LogP contribution in [0.25, 0.3) is 11.0 Å². The Labute approximate surface area is 215 Å². The molecule has 0 fully saturated rings. The molecule has 0 aliphatic heterocycles. The number of hydrogen-bond donors (Lipinski definition) is 2. The summed E-state index contributed by atoms with van der Waals surface area (Å²) in [5, 5.41) is 11.9. The third-order valence-electron chi connectivity index (χ3n) is 6.05. The number of alkyl halides is 3. The van der Waals surface area contributed by atoms with E-state index in [9.17, 15) is 22.8 Å². The van der Waals surface area contributed by atoms with E-state index in [0.29, 0.717) is 27.2 Å². The zero-order chi connectivity index (χ0) is 26.7. The van der Waals surface area contributed by atoms with E-state index in [1.54, 1.807) is 46.4 Å². The van der Waals surface area contributed by atoms with Gasteiger partial charge in [0.05, 0.1) is 23.1 Å². The van der Waals surface area contributed by atoms with Crippen molar-refractivity contribution in [2.45, 2.75) is 38.7 Å². The molecule has 4 rings (SSSR count). The van der Waals surface area contributed by atoms with Gasteiger partial charge < -0.3 is 14.5 Å². The van der Waals surface area contributed by atoms with Crippen molar-refractivity contribution in [1.82, 2.24) is 14.5 Å². The van der Waals surface area contributed by atoms with E-state index < -0.39 is 17.8 Å². The van der Waals surface area contributed by atoms with Crippen LogP contribution in [0.2, 0.25) is 5.02 Å². The fraction of sp³-hybridized carbons (Fsp3) is 0.222. The molecule has 37 heavy (non-hydrogen) atoms. The average molecular weight is 529 g/mol. The molecule has 1 aromatic heterocycles. The predicted molar refractivity (Wildman–Crippen MR) is 134 cm³/mol. The number of aromatic nitrogens is 2. The number of carbonyl (C=O) groups excluding carboxylic acids is 2. The monoisotopic (exact) mass is 528 g/mol. The van der Waals surface area contributed by atoms with Gasteiger partial charge >= 0.3 is 6.18 Å². The number of imidazole rings is 1. The van der Waals surface area contributed by atoms with Gasteiger partial charge in [-0.1, -0.05) is 35.9 Å². The van der Waals surface area contributed by atoms with Gasteiger partial charge in [-0.15, -0.1) is 0 Å². The molecule has 0 radical (unpaired) electrons. The van der Waals surface area contributed by atoms with Gasteiger partial charge in [-0.2, -0.15) is 13.2 Å². The van der Waals surface area contributed by atoms with Crippen molar-refractivity contribution < 1.29 is 22.8 Å². The highest BCUT2D eigenvalue weighted by Gasteiger charge is 2.30. The van der Waals surface area contributed by atoms with Gasteiger partial charge in [0.15, 0.2) is 5.78 Å². The molecule has 0 bridgehead atoms. The molecule has 1 heterocycles. The van der Waals surface area contributed by atoms with Crippen molar-refractivity contribution in [2.24, 2.45) is 0 Å². The number of benzene rings is 3. The first-order valence-corrected chi connectivity index (χ1v) is 11.9. The van der Waals surface area contributed by atoms with Crippen LogP contribution in [0.1, 0.15) is 40.9 Å². The molecular weight excluding hydrogens is 505 g/mol. The smallest absolute Gasteiger partial charge is 0.352 e. The van der Waals surface area contributed by atoms with E-state index in [2.05, 4.69) is 5.32 Å². The molecule has 192 valence electrons. The first kappa shape index (κ1) is 26.2. The fourth-order valence-electron chi connectivity index (χ4n) is 4.22. The fourth-order valence-corrected chi connectivity index (χ4v) is 4.35. The zero-order valence-electron chi connectivity index (χ0n) is 19.8. The number of para-hydroxylation sites is 2. The van der Waals surface area contributed by atoms with Crippen molar-refractivity contribution in [3.05, 3.63) is 100 Å². The number of nitrogens with one attached hydrogen (secondary N) is 2. The van der Waals surface area contributed by atoms with Gasteiger partial charge in [0.25, 0.3) is 0 Å². The van der Waals surface area contributed by atoms with Crippen LogP contribution in [0.15, 0.2) is 72.8 Å². The summed E-state index contributed by atoms with van der Waals surface area (Å²) < 4.78 is 42.1. The summed E-state index contributed by atoms with van der Waals surface area (Å²) in [6.07, 6.45) is -4.46. The lowest BCUT2D eigenvalue weighted by molar-refractivity contribution is -0.137. The summed E-state index contributed by atoms with van der Waals surface area (Å²) >= 11 is 5.91. The van der Waals surface area contributed by atoms with Gasteiger partial charge in [-0.3, -0.25) is 15.0 Å². The van der Waals surface area contributed by atoms with Gasteiger partial charge in [0.2, 0.25) is 11.5 Å². The molecule has 0 saturated heterocycles. The van der Waals surface area contributed by atoms with Crippen molar-refractivity contribution >= 4 is 34.3 Å². The van der Waals surface area contributed by atoms with Gasteiger partial charge in [-0.25, -0.2) is 0 Å². The molecule has 4 aromatic rings. The highest BCUT2D eigenvalue weighted by Crippen LogP contribution is 2.29. The minimum Gasteiger partial charge on any atom is -0.352 e. The molecule has 2 N–H and O–H groups in total. The predicted octanol–water partition coefficient (Wildman–Crippen LogP) is 5.74. The number of halogens is 4. The topological polar surface area (TPSA) is 79.9 Å². The lowest BCUT2D eigenvalue weighted by Crippen LogP contribution is -2.32. The molecule has 0 aliphatic rings. The molecule has 3 aromatic carbocycles. The van der Waals surface area contributed by atoms with Crippen molar-refractivity contribution in [1.29, 1.82) is 5.41 Å². The van der Waals surface area contributed by atoms with Crippen molar-refractivity contribution in [2.75, 3.05) is 0 Å². The third kappa shape index (κ3) is 5.94. The molecule has 0 spiro atoms. The minimum atomic E-state index is -4.46. The maximum Gasteiger partial charge on any atom is 0.416 e. The van der Waals surface area contributed by atoms with Gasteiger partial charge in [0, 0.05) is 29.6 Å². The van der Waals surface area contributed by atoms with Crippen LogP contribution in [-0.2, 0) is 24.1 Å². The minimum absolute atomic E-state index is 0.00531. The maximum absolute atomic E-state index is 12.9. The second kappa shape index (κ2) is 10.6. The molecule has 10 heteroatoms. The molecular formula is C27H24ClF3N4O2. The summed E-state index contributed by atoms with van der Waals surface area (Å²) in [6, 6.07) is 18.1. The SMILES string of the molecule is CC(CC(=O)NCc1cccc(C(F)(F)F)c1)n1c(=N)n(CC(=O)c2ccc(Cl)cc2)c2ccccc21. The van der Waals surface area contributed by atoms with Crippen LogP contribution in [-0.4, -0.2) is 20.8 Å². The largest absolute Gasteiger partial charge is 0.416 e. The highest BCUT2D eigenvalue weighted by atomic mass is 35.5. The van der Waals surface area contributed by atoms with Crippen LogP contribution < -0.4 is 10.9 Å². The number of nitrogens with zero attached hydrogens (tertiary/aromatic N) is 2. The number of carbonyl (C=O) groups is 2. The Morgan fingerprint density at radius 3 is 2.35 bits per heavy atom. The standard InChI is InChI=1S/C27H24ClF3N4O2/c1-17(13-25(37)33-15-18-5-4-6-20(14-18)27(29,30)31)35-23-8-3-2-7-22(23)34(26(35)32)16-24(36)19-9-11-21(28)12-10-19/h2-12,14,17,32H,13,15-16H2,1H3,(H,33,37). The lowest BCUT2D eigenvalue weighted by Gasteiger charge is -2.15. The molecule has 1 atom stereocenters. The second-order valence-electron chi connectivity index (χ2n) is 8.73. The molecule has 1 amide bonds. The van der Waals surface area contributed by atoms with E-state index in [0.717, 1.165) is 12.1 Å². The van der Waals surface area contributed by atoms with E-state index in [1.165, 1.54) is 12.1 Å². The molecule has 0 saturated carbocycles. The summed E-state index contributed by atoms with van der Waals surface area (Å²) in [5.74, 6) is -0.560. The zero-order valence-corrected chi connectivity index (χ0v) is 20.6. The second-order valence-corrected chi connectivity index (χ2v) is 9.16. The van der Waals surface area contributed by atoms with Crippen LogP contribution >= 0.6 is 11.6 Å². The summed E-state index contributed by atoms with van der Waals surface area (Å²) in [5.41, 5.74) is 1.45. The Morgan fingerprint density at radius 1 is 1.00 bits per heavy atom. The Bertz CT molecular complexity index is 1510. The Hall–Kier alpha value is -3.85. The van der Waals surface area contributed by atoms with E-state index in [4.69, 9.17) is 17.0 Å². The number of hydrogen-bond acceptors (Lipinski definition) is 3. The van der Waals surface area contributed by atoms with Crippen molar-refractivity contribution in [3.63, 3.8) is 0 Å². The Kier molecular flexibility index (Phi) is 7.54. The number of amides is 1. The number of Topliss-reactive ketones (excluding diaryl/α,β-unsaturated/α-hetero) is 1. The summed E-state index contributed by atoms with van der Waals surface area (Å²) in [6.45, 7) is 1.66. The van der Waals surface area contributed by atoms with E-state index >= 15 is 0 Å². The molecule has 0 aliphatic carbocycles. The molecule has 1 unspecified atom stereocenters. The quantitative estimate of drug-likeness (QED) is 0.286. The van der Waals surface area contributed by atoms with Crippen molar-refractivity contribution in [3.8, 4) is 0 Å². The Balaban J connectivity index is 1.51. The highest BCUT2D eigenvalue weighted by molar-refractivity contribution is 6.30. The summed E-state index contributed by atoms with van der Waals surface area (Å²) in [7, 11) is 0. The van der Waals surface area contributed by atoms with E-state index in [1.807, 2.05) is 18.2 Å². The normalized spacial score (nSPS) is 12.5. The number of rotatable bonds is 8. The number of ketones is 1. The van der Waals surface area contributed by atoms with Crippen LogP contribution in [0, 0.1) is 5.41 Å². The van der Waals surface area contributed by atoms with Gasteiger partial charge in [0.1, 0.15) is 0 Å². The third-order valence-corrected chi connectivity index (χ3v) is 6.30.